The van der Waals surface area contributed by atoms with Gasteiger partial charge in [-0.1, -0.05) is 54.1 Å². The molecular formula is C14H19N. The average Bonchev–Trinajstić information content (AvgIpc) is 2.22. The van der Waals surface area contributed by atoms with Crippen molar-refractivity contribution in [2.75, 3.05) is 6.54 Å². The van der Waals surface area contributed by atoms with Crippen molar-refractivity contribution in [2.45, 2.75) is 19.8 Å². The van der Waals surface area contributed by atoms with Crippen LogP contribution in [0.25, 0.3) is 0 Å². The molecule has 0 aliphatic carbocycles. The second-order valence-corrected chi connectivity index (χ2v) is 3.76. The van der Waals surface area contributed by atoms with Crippen molar-refractivity contribution < 1.29 is 0 Å². The second-order valence-electron chi connectivity index (χ2n) is 3.76. The minimum atomic E-state index is 0.700. The molecule has 15 heavy (non-hydrogen) atoms. The van der Waals surface area contributed by atoms with E-state index in [2.05, 4.69) is 43.8 Å². The zero-order valence-electron chi connectivity index (χ0n) is 9.37. The summed E-state index contributed by atoms with van der Waals surface area (Å²) in [4.78, 5) is 0. The number of benzene rings is 1. The highest BCUT2D eigenvalue weighted by molar-refractivity contribution is 5.26. The topological polar surface area (TPSA) is 26.0 Å². The van der Waals surface area contributed by atoms with Gasteiger partial charge in [0.2, 0.25) is 0 Å². The third-order valence-electron chi connectivity index (χ3n) is 2.37. The average molecular weight is 201 g/mol. The van der Waals surface area contributed by atoms with Crippen molar-refractivity contribution in [2.24, 2.45) is 5.73 Å². The molecule has 1 heteroatoms. The molecule has 0 saturated carbocycles. The van der Waals surface area contributed by atoms with Crippen molar-refractivity contribution in [3.05, 3.63) is 59.7 Å². The normalized spacial score (nSPS) is 11.5. The quantitative estimate of drug-likeness (QED) is 0.728. The van der Waals surface area contributed by atoms with Crippen molar-refractivity contribution in [3.8, 4) is 0 Å². The summed E-state index contributed by atoms with van der Waals surface area (Å²) in [6.07, 6.45) is 5.81. The third-order valence-corrected chi connectivity index (χ3v) is 2.37. The Morgan fingerprint density at radius 1 is 1.33 bits per heavy atom. The Morgan fingerprint density at radius 3 is 2.53 bits per heavy atom. The fraction of sp³-hybridized carbons (Fsp3) is 0.286. The summed E-state index contributed by atoms with van der Waals surface area (Å²) in [7, 11) is 0. The van der Waals surface area contributed by atoms with E-state index >= 15 is 0 Å². The van der Waals surface area contributed by atoms with Crippen molar-refractivity contribution in [1.82, 2.24) is 0 Å². The lowest BCUT2D eigenvalue weighted by Gasteiger charge is -2.06. The summed E-state index contributed by atoms with van der Waals surface area (Å²) >= 11 is 0. The summed E-state index contributed by atoms with van der Waals surface area (Å²) in [6.45, 7) is 6.52. The van der Waals surface area contributed by atoms with E-state index in [4.69, 9.17) is 5.73 Å². The highest BCUT2D eigenvalue weighted by atomic mass is 14.5. The molecular weight excluding hydrogens is 182 g/mol. The standard InChI is InChI=1S/C14H19N/c1-3-4-13(9-10-15)11-14-7-5-12(2)6-8-14/h3-8H,1,9-11,15H2,2H3/b13-4+. The predicted molar refractivity (Wildman–Crippen MR) is 66.8 cm³/mol. The first-order chi connectivity index (χ1) is 7.26. The first-order valence-corrected chi connectivity index (χ1v) is 5.32. The smallest absolute Gasteiger partial charge is 0.00397 e. The lowest BCUT2D eigenvalue weighted by Crippen LogP contribution is -2.02. The maximum Gasteiger partial charge on any atom is -0.00397 e. The van der Waals surface area contributed by atoms with Gasteiger partial charge in [0.1, 0.15) is 0 Å². The number of hydrogen-bond acceptors (Lipinski definition) is 1. The number of aryl methyl sites for hydroxylation is 1. The van der Waals surface area contributed by atoms with E-state index in [1.54, 1.807) is 0 Å². The van der Waals surface area contributed by atoms with Gasteiger partial charge in [0, 0.05) is 0 Å². The second kappa shape index (κ2) is 6.20. The van der Waals surface area contributed by atoms with E-state index in [0.29, 0.717) is 6.54 Å². The van der Waals surface area contributed by atoms with Gasteiger partial charge in [-0.15, -0.1) is 0 Å². The van der Waals surface area contributed by atoms with Crippen molar-refractivity contribution >= 4 is 0 Å². The Balaban J connectivity index is 2.69. The van der Waals surface area contributed by atoms with Gasteiger partial charge in [0.15, 0.2) is 0 Å². The number of rotatable bonds is 5. The minimum absolute atomic E-state index is 0.700. The van der Waals surface area contributed by atoms with E-state index in [9.17, 15) is 0 Å². The summed E-state index contributed by atoms with van der Waals surface area (Å²) in [5, 5.41) is 0. The van der Waals surface area contributed by atoms with Crippen LogP contribution in [0.2, 0.25) is 0 Å². The zero-order chi connectivity index (χ0) is 11.1. The van der Waals surface area contributed by atoms with Crippen LogP contribution in [0.4, 0.5) is 0 Å². The van der Waals surface area contributed by atoms with E-state index in [1.165, 1.54) is 16.7 Å². The highest BCUT2D eigenvalue weighted by Crippen LogP contribution is 2.12. The van der Waals surface area contributed by atoms with Crippen LogP contribution in [0, 0.1) is 6.92 Å². The predicted octanol–water partition coefficient (Wildman–Crippen LogP) is 3.00. The molecule has 0 amide bonds. The lowest BCUT2D eigenvalue weighted by atomic mass is 10.0. The monoisotopic (exact) mass is 201 g/mol. The maximum absolute atomic E-state index is 5.56. The van der Waals surface area contributed by atoms with Gasteiger partial charge in [-0.2, -0.15) is 0 Å². The van der Waals surface area contributed by atoms with Gasteiger partial charge < -0.3 is 5.73 Å². The van der Waals surface area contributed by atoms with E-state index < -0.39 is 0 Å². The van der Waals surface area contributed by atoms with Gasteiger partial charge in [-0.05, 0) is 31.9 Å². The first kappa shape index (κ1) is 11.7. The van der Waals surface area contributed by atoms with Crippen molar-refractivity contribution in [1.29, 1.82) is 0 Å². The van der Waals surface area contributed by atoms with Gasteiger partial charge >= 0.3 is 0 Å². The molecule has 0 fully saturated rings. The molecule has 1 rings (SSSR count). The number of nitrogens with two attached hydrogens (primary N) is 1. The van der Waals surface area contributed by atoms with Gasteiger partial charge in [-0.25, -0.2) is 0 Å². The first-order valence-electron chi connectivity index (χ1n) is 5.32. The van der Waals surface area contributed by atoms with Crippen LogP contribution in [-0.2, 0) is 6.42 Å². The van der Waals surface area contributed by atoms with E-state index in [-0.39, 0.29) is 0 Å². The molecule has 0 aliphatic rings. The fourth-order valence-electron chi connectivity index (χ4n) is 1.55. The maximum atomic E-state index is 5.56. The molecule has 0 atom stereocenters. The molecule has 0 aromatic heterocycles. The molecule has 0 spiro atoms. The van der Waals surface area contributed by atoms with Crippen LogP contribution < -0.4 is 5.73 Å². The van der Waals surface area contributed by atoms with E-state index in [1.807, 2.05) is 6.08 Å². The summed E-state index contributed by atoms with van der Waals surface area (Å²) in [5.41, 5.74) is 9.54. The molecule has 0 heterocycles. The highest BCUT2D eigenvalue weighted by Gasteiger charge is 1.98. The number of allylic oxidation sites excluding steroid dienone is 2. The summed E-state index contributed by atoms with van der Waals surface area (Å²) in [6, 6.07) is 8.62. The summed E-state index contributed by atoms with van der Waals surface area (Å²) < 4.78 is 0. The molecule has 1 aromatic rings. The van der Waals surface area contributed by atoms with Crippen LogP contribution in [0.15, 0.2) is 48.6 Å². The molecule has 0 bridgehead atoms. The van der Waals surface area contributed by atoms with Crippen molar-refractivity contribution in [3.63, 3.8) is 0 Å². The molecule has 0 aliphatic heterocycles. The van der Waals surface area contributed by atoms with Crippen LogP contribution in [0.3, 0.4) is 0 Å². The Hall–Kier alpha value is -1.34. The van der Waals surface area contributed by atoms with Crippen LogP contribution in [-0.4, -0.2) is 6.54 Å². The Morgan fingerprint density at radius 2 is 2.00 bits per heavy atom. The SMILES string of the molecule is C=C/C=C(\CCN)Cc1ccc(C)cc1. The molecule has 0 radical (unpaired) electrons. The lowest BCUT2D eigenvalue weighted by molar-refractivity contribution is 0.908. The minimum Gasteiger partial charge on any atom is -0.330 e. The van der Waals surface area contributed by atoms with Crippen LogP contribution >= 0.6 is 0 Å². The molecule has 2 N–H and O–H groups in total. The Bertz CT molecular complexity index is 333. The zero-order valence-corrected chi connectivity index (χ0v) is 9.37. The van der Waals surface area contributed by atoms with Gasteiger partial charge in [-0.3, -0.25) is 0 Å². The molecule has 0 saturated heterocycles. The molecule has 80 valence electrons. The third kappa shape index (κ3) is 4.13. The van der Waals surface area contributed by atoms with Crippen LogP contribution in [0.1, 0.15) is 17.5 Å². The van der Waals surface area contributed by atoms with Crippen LogP contribution in [0.5, 0.6) is 0 Å². The molecule has 1 nitrogen and oxygen atoms in total. The Labute approximate surface area is 92.3 Å². The van der Waals surface area contributed by atoms with Gasteiger partial charge in [0.05, 0.1) is 0 Å². The summed E-state index contributed by atoms with van der Waals surface area (Å²) in [5.74, 6) is 0. The Kier molecular flexibility index (Phi) is 4.85. The van der Waals surface area contributed by atoms with E-state index in [0.717, 1.165) is 12.8 Å². The van der Waals surface area contributed by atoms with Gasteiger partial charge in [0.25, 0.3) is 0 Å². The fourth-order valence-corrected chi connectivity index (χ4v) is 1.55. The molecule has 0 unspecified atom stereocenters. The molecule has 1 aromatic carbocycles. The largest absolute Gasteiger partial charge is 0.330 e. The number of hydrogen-bond donors (Lipinski definition) is 1.